The van der Waals surface area contributed by atoms with Crippen LogP contribution in [0.5, 0.6) is 0 Å². The van der Waals surface area contributed by atoms with Crippen LogP contribution in [0.15, 0.2) is 53.1 Å². The molecule has 2 aromatic rings. The number of ether oxygens (including phenoxy) is 1. The molecule has 1 aliphatic rings. The highest BCUT2D eigenvalue weighted by Crippen LogP contribution is 2.19. The number of urea groups is 1. The van der Waals surface area contributed by atoms with Crippen LogP contribution in [-0.4, -0.2) is 49.7 Å². The van der Waals surface area contributed by atoms with Crippen LogP contribution in [0.4, 0.5) is 4.79 Å². The molecule has 0 saturated carbocycles. The highest BCUT2D eigenvalue weighted by atomic mass is 16.5. The molecule has 1 aromatic heterocycles. The second-order valence-corrected chi connectivity index (χ2v) is 6.49. The smallest absolute Gasteiger partial charge is 0.315 e. The van der Waals surface area contributed by atoms with Gasteiger partial charge in [-0.1, -0.05) is 30.3 Å². The second kappa shape index (κ2) is 9.23. The lowest BCUT2D eigenvalue weighted by Crippen LogP contribution is -2.46. The molecule has 1 fully saturated rings. The van der Waals surface area contributed by atoms with E-state index in [0.29, 0.717) is 32.1 Å². The number of carbonyl (C=O) groups excluding carboxylic acids is 2. The first-order chi connectivity index (χ1) is 13.1. The Morgan fingerprint density at radius 2 is 1.85 bits per heavy atom. The maximum absolute atomic E-state index is 13.0. The lowest BCUT2D eigenvalue weighted by Gasteiger charge is -2.30. The summed E-state index contributed by atoms with van der Waals surface area (Å²) in [5.74, 6) is 0.243. The van der Waals surface area contributed by atoms with Gasteiger partial charge in [-0.15, -0.1) is 0 Å². The predicted molar refractivity (Wildman–Crippen MR) is 100 cm³/mol. The third kappa shape index (κ3) is 5.10. The van der Waals surface area contributed by atoms with Crippen LogP contribution >= 0.6 is 0 Å². The maximum Gasteiger partial charge on any atom is 0.315 e. The molecule has 0 spiro atoms. The minimum atomic E-state index is -0.436. The van der Waals surface area contributed by atoms with Crippen molar-refractivity contribution in [1.82, 2.24) is 15.5 Å². The van der Waals surface area contributed by atoms with Gasteiger partial charge in [0.05, 0.1) is 31.4 Å². The number of nitrogens with one attached hydrogen (secondary N) is 2. The Balaban J connectivity index is 1.62. The minimum Gasteiger partial charge on any atom is -0.467 e. The zero-order valence-corrected chi connectivity index (χ0v) is 15.4. The standard InChI is InChI=1S/C20H25N3O4/c1-15(18-8-5-11-27-18)22-20(25)21-14-17(16-6-3-2-4-7-16)19(24)23-9-12-26-13-10-23/h2-8,11,15,17H,9-10,12-14H2,1H3,(H2,21,22,25). The summed E-state index contributed by atoms with van der Waals surface area (Å²) in [7, 11) is 0. The van der Waals surface area contributed by atoms with Crippen molar-refractivity contribution in [2.45, 2.75) is 18.9 Å². The summed E-state index contributed by atoms with van der Waals surface area (Å²) >= 11 is 0. The van der Waals surface area contributed by atoms with Crippen LogP contribution in [0.1, 0.15) is 30.2 Å². The summed E-state index contributed by atoms with van der Waals surface area (Å²) in [6.07, 6.45) is 1.57. The summed E-state index contributed by atoms with van der Waals surface area (Å²) in [6.45, 7) is 4.29. The van der Waals surface area contributed by atoms with Crippen molar-refractivity contribution in [3.63, 3.8) is 0 Å². The Morgan fingerprint density at radius 3 is 2.52 bits per heavy atom. The van der Waals surface area contributed by atoms with E-state index < -0.39 is 5.92 Å². The molecule has 7 nitrogen and oxygen atoms in total. The SMILES string of the molecule is CC(NC(=O)NCC(C(=O)N1CCOCC1)c1ccccc1)c1ccco1. The van der Waals surface area contributed by atoms with Crippen molar-refractivity contribution in [1.29, 1.82) is 0 Å². The average Bonchev–Trinajstić information content (AvgIpc) is 3.24. The van der Waals surface area contributed by atoms with Crippen molar-refractivity contribution < 1.29 is 18.7 Å². The van der Waals surface area contributed by atoms with Crippen molar-refractivity contribution in [3.05, 3.63) is 60.1 Å². The molecule has 1 saturated heterocycles. The van der Waals surface area contributed by atoms with Gasteiger partial charge in [0.2, 0.25) is 5.91 Å². The first-order valence-corrected chi connectivity index (χ1v) is 9.14. The second-order valence-electron chi connectivity index (χ2n) is 6.49. The van der Waals surface area contributed by atoms with E-state index in [2.05, 4.69) is 10.6 Å². The monoisotopic (exact) mass is 371 g/mol. The number of nitrogens with zero attached hydrogens (tertiary/aromatic N) is 1. The summed E-state index contributed by atoms with van der Waals surface area (Å²) < 4.78 is 10.6. The van der Waals surface area contributed by atoms with Gasteiger partial charge in [-0.2, -0.15) is 0 Å². The number of carbonyl (C=O) groups is 2. The molecule has 1 aliphatic heterocycles. The zero-order chi connectivity index (χ0) is 19.1. The molecule has 0 aliphatic carbocycles. The molecule has 2 atom stereocenters. The Bertz CT molecular complexity index is 727. The van der Waals surface area contributed by atoms with Crippen LogP contribution in [0.3, 0.4) is 0 Å². The number of amides is 3. The van der Waals surface area contributed by atoms with Crippen LogP contribution in [-0.2, 0) is 9.53 Å². The number of hydrogen-bond donors (Lipinski definition) is 2. The van der Waals surface area contributed by atoms with Crippen LogP contribution in [0.2, 0.25) is 0 Å². The molecule has 27 heavy (non-hydrogen) atoms. The van der Waals surface area contributed by atoms with Crippen LogP contribution in [0, 0.1) is 0 Å². The summed E-state index contributed by atoms with van der Waals surface area (Å²) in [6, 6.07) is 12.5. The Labute approximate surface area is 158 Å². The fraction of sp³-hybridized carbons (Fsp3) is 0.400. The molecule has 2 heterocycles. The summed E-state index contributed by atoms with van der Waals surface area (Å²) in [5, 5.41) is 5.64. The van der Waals surface area contributed by atoms with E-state index in [1.54, 1.807) is 23.3 Å². The van der Waals surface area contributed by atoms with E-state index in [1.807, 2.05) is 37.3 Å². The van der Waals surface area contributed by atoms with Crippen LogP contribution < -0.4 is 10.6 Å². The van der Waals surface area contributed by atoms with E-state index in [9.17, 15) is 9.59 Å². The number of furan rings is 1. The predicted octanol–water partition coefficient (Wildman–Crippen LogP) is 2.28. The molecule has 7 heteroatoms. The quantitative estimate of drug-likeness (QED) is 0.816. The number of morpholine rings is 1. The molecule has 2 unspecified atom stereocenters. The average molecular weight is 371 g/mol. The van der Waals surface area contributed by atoms with Crippen LogP contribution in [0.25, 0.3) is 0 Å². The first-order valence-electron chi connectivity index (χ1n) is 9.14. The van der Waals surface area contributed by atoms with Crippen molar-refractivity contribution >= 4 is 11.9 Å². The third-order valence-electron chi connectivity index (χ3n) is 4.61. The van der Waals surface area contributed by atoms with Gasteiger partial charge in [-0.3, -0.25) is 4.79 Å². The Morgan fingerprint density at radius 1 is 1.11 bits per heavy atom. The molecular weight excluding hydrogens is 346 g/mol. The van der Waals surface area contributed by atoms with Gasteiger partial charge >= 0.3 is 6.03 Å². The lowest BCUT2D eigenvalue weighted by atomic mass is 9.97. The fourth-order valence-electron chi connectivity index (χ4n) is 3.09. The normalized spacial score (nSPS) is 16.4. The van der Waals surface area contributed by atoms with E-state index in [4.69, 9.17) is 9.15 Å². The van der Waals surface area contributed by atoms with Crippen molar-refractivity contribution in [3.8, 4) is 0 Å². The minimum absolute atomic E-state index is 0.00360. The van der Waals surface area contributed by atoms with Crippen molar-refractivity contribution in [2.24, 2.45) is 0 Å². The molecule has 3 amide bonds. The molecule has 0 radical (unpaired) electrons. The molecule has 2 N–H and O–H groups in total. The Hall–Kier alpha value is -2.80. The molecule has 3 rings (SSSR count). The van der Waals surface area contributed by atoms with Gasteiger partial charge in [-0.25, -0.2) is 4.79 Å². The lowest BCUT2D eigenvalue weighted by molar-refractivity contribution is -0.136. The van der Waals surface area contributed by atoms with Gasteiger partial charge in [-0.05, 0) is 24.6 Å². The Kier molecular flexibility index (Phi) is 6.49. The third-order valence-corrected chi connectivity index (χ3v) is 4.61. The molecular formula is C20H25N3O4. The number of rotatable bonds is 6. The highest BCUT2D eigenvalue weighted by molar-refractivity contribution is 5.85. The topological polar surface area (TPSA) is 83.8 Å². The highest BCUT2D eigenvalue weighted by Gasteiger charge is 2.27. The number of hydrogen-bond acceptors (Lipinski definition) is 4. The number of benzene rings is 1. The van der Waals surface area contributed by atoms with E-state index in [-0.39, 0.29) is 24.5 Å². The van der Waals surface area contributed by atoms with Gasteiger partial charge < -0.3 is 24.7 Å². The van der Waals surface area contributed by atoms with Crippen molar-refractivity contribution in [2.75, 3.05) is 32.8 Å². The summed E-state index contributed by atoms with van der Waals surface area (Å²) in [4.78, 5) is 27.1. The first kappa shape index (κ1) is 19.0. The van der Waals surface area contributed by atoms with Gasteiger partial charge in [0.25, 0.3) is 0 Å². The van der Waals surface area contributed by atoms with Gasteiger partial charge in [0.15, 0.2) is 0 Å². The summed E-state index contributed by atoms with van der Waals surface area (Å²) in [5.41, 5.74) is 0.883. The maximum atomic E-state index is 13.0. The zero-order valence-electron chi connectivity index (χ0n) is 15.4. The van der Waals surface area contributed by atoms with Gasteiger partial charge in [0.1, 0.15) is 5.76 Å². The fourth-order valence-corrected chi connectivity index (χ4v) is 3.09. The molecule has 1 aromatic carbocycles. The van der Waals surface area contributed by atoms with Gasteiger partial charge in [0, 0.05) is 19.6 Å². The van der Waals surface area contributed by atoms with E-state index in [0.717, 1.165) is 5.56 Å². The van der Waals surface area contributed by atoms with E-state index in [1.165, 1.54) is 0 Å². The molecule has 144 valence electrons. The van der Waals surface area contributed by atoms with E-state index >= 15 is 0 Å². The molecule has 0 bridgehead atoms. The largest absolute Gasteiger partial charge is 0.467 e.